The van der Waals surface area contributed by atoms with Gasteiger partial charge in [-0.3, -0.25) is 4.79 Å². The third kappa shape index (κ3) is 5.30. The van der Waals surface area contributed by atoms with Gasteiger partial charge < -0.3 is 10.1 Å². The first-order valence-corrected chi connectivity index (χ1v) is 10.6. The lowest BCUT2D eigenvalue weighted by Gasteiger charge is -2.21. The van der Waals surface area contributed by atoms with Gasteiger partial charge in [0.15, 0.2) is 0 Å². The maximum Gasteiger partial charge on any atom is 0.246 e. The molecular weight excluding hydrogens is 383 g/mol. The number of anilines is 1. The molecule has 0 unspecified atom stereocenters. The topological polar surface area (TPSA) is 75.7 Å². The average molecular weight is 408 g/mol. The summed E-state index contributed by atoms with van der Waals surface area (Å²) in [5, 5.41) is 2.69. The number of hydrogen-bond acceptors (Lipinski definition) is 4. The summed E-state index contributed by atoms with van der Waals surface area (Å²) in [6.07, 6.45) is 0.0472. The van der Waals surface area contributed by atoms with Crippen LogP contribution in [0.3, 0.4) is 0 Å². The molecule has 0 heterocycles. The number of carbonyl (C=O) groups is 1. The van der Waals surface area contributed by atoms with Gasteiger partial charge in [0.2, 0.25) is 15.9 Å². The van der Waals surface area contributed by atoms with Gasteiger partial charge in [-0.15, -0.1) is 0 Å². The summed E-state index contributed by atoms with van der Waals surface area (Å²) in [5.41, 5.74) is 1.00. The van der Waals surface area contributed by atoms with Crippen molar-refractivity contribution in [1.29, 1.82) is 0 Å². The highest BCUT2D eigenvalue weighted by Crippen LogP contribution is 2.30. The van der Waals surface area contributed by atoms with Crippen molar-refractivity contribution in [2.75, 3.05) is 25.0 Å². The van der Waals surface area contributed by atoms with E-state index in [-0.39, 0.29) is 28.8 Å². The maximum atomic E-state index is 13.0. The van der Waals surface area contributed by atoms with Gasteiger partial charge in [-0.05, 0) is 42.8 Å². The van der Waals surface area contributed by atoms with Crippen LogP contribution in [0, 0.1) is 5.82 Å². The molecule has 0 saturated carbocycles. The van der Waals surface area contributed by atoms with Gasteiger partial charge in [-0.2, -0.15) is 4.31 Å². The van der Waals surface area contributed by atoms with Gasteiger partial charge in [-0.25, -0.2) is 12.8 Å². The molecule has 6 nitrogen and oxygen atoms in total. The number of ether oxygens (including phenoxy) is 1. The van der Waals surface area contributed by atoms with Crippen molar-refractivity contribution < 1.29 is 22.3 Å². The van der Waals surface area contributed by atoms with Crippen LogP contribution in [0.1, 0.15) is 26.3 Å². The van der Waals surface area contributed by atoms with E-state index in [1.54, 1.807) is 26.8 Å². The summed E-state index contributed by atoms with van der Waals surface area (Å²) in [5.74, 6) is -0.463. The zero-order valence-electron chi connectivity index (χ0n) is 16.2. The summed E-state index contributed by atoms with van der Waals surface area (Å²) >= 11 is 0. The molecule has 0 saturated heterocycles. The number of sulfonamides is 1. The van der Waals surface area contributed by atoms with Crippen LogP contribution < -0.4 is 10.1 Å². The van der Waals surface area contributed by atoms with Gasteiger partial charge in [0.1, 0.15) is 16.5 Å². The van der Waals surface area contributed by atoms with Crippen LogP contribution in [0.4, 0.5) is 10.1 Å². The largest absolute Gasteiger partial charge is 0.492 e. The Kier molecular flexibility index (Phi) is 7.53. The van der Waals surface area contributed by atoms with Crippen molar-refractivity contribution in [2.45, 2.75) is 32.1 Å². The van der Waals surface area contributed by atoms with Crippen LogP contribution in [-0.2, 0) is 21.2 Å². The van der Waals surface area contributed by atoms with Crippen LogP contribution >= 0.6 is 0 Å². The van der Waals surface area contributed by atoms with Crippen LogP contribution in [0.2, 0.25) is 0 Å². The fourth-order valence-corrected chi connectivity index (χ4v) is 4.37. The second kappa shape index (κ2) is 9.66. The fourth-order valence-electron chi connectivity index (χ4n) is 2.76. The number of amides is 1. The summed E-state index contributed by atoms with van der Waals surface area (Å²) in [6, 6.07) is 10.2. The highest BCUT2D eigenvalue weighted by atomic mass is 32.2. The first-order chi connectivity index (χ1) is 13.3. The molecule has 0 aliphatic carbocycles. The van der Waals surface area contributed by atoms with E-state index in [0.717, 1.165) is 0 Å². The van der Waals surface area contributed by atoms with Gasteiger partial charge in [0, 0.05) is 18.8 Å². The fraction of sp³-hybridized carbons (Fsp3) is 0.350. The van der Waals surface area contributed by atoms with Crippen LogP contribution in [0.15, 0.2) is 47.4 Å². The molecule has 0 radical (unpaired) electrons. The van der Waals surface area contributed by atoms with E-state index in [2.05, 4.69) is 5.32 Å². The van der Waals surface area contributed by atoms with Crippen LogP contribution in [0.25, 0.3) is 0 Å². The van der Waals surface area contributed by atoms with Crippen molar-refractivity contribution >= 4 is 21.6 Å². The predicted octanol–water partition coefficient (Wildman–Crippen LogP) is 3.44. The van der Waals surface area contributed by atoms with E-state index in [4.69, 9.17) is 4.74 Å². The highest BCUT2D eigenvalue weighted by molar-refractivity contribution is 7.89. The molecule has 152 valence electrons. The van der Waals surface area contributed by atoms with Gasteiger partial charge in [0.25, 0.3) is 0 Å². The molecule has 0 aliphatic heterocycles. The van der Waals surface area contributed by atoms with Crippen LogP contribution in [0.5, 0.6) is 5.75 Å². The normalized spacial score (nSPS) is 11.5. The third-order valence-corrected chi connectivity index (χ3v) is 6.20. The second-order valence-corrected chi connectivity index (χ2v) is 7.94. The summed E-state index contributed by atoms with van der Waals surface area (Å²) in [7, 11) is -3.76. The molecule has 8 heteroatoms. The van der Waals surface area contributed by atoms with Crippen molar-refractivity contribution in [3.05, 3.63) is 53.8 Å². The van der Waals surface area contributed by atoms with E-state index < -0.39 is 10.0 Å². The Morgan fingerprint density at radius 3 is 2.29 bits per heavy atom. The molecule has 1 N–H and O–H groups in total. The van der Waals surface area contributed by atoms with E-state index in [0.29, 0.717) is 30.9 Å². The van der Waals surface area contributed by atoms with E-state index in [1.807, 2.05) is 0 Å². The number of halogens is 1. The number of carbonyl (C=O) groups excluding carboxylic acids is 1. The molecule has 2 aromatic carbocycles. The summed E-state index contributed by atoms with van der Waals surface area (Å²) in [6.45, 7) is 6.26. The van der Waals surface area contributed by atoms with Crippen molar-refractivity contribution in [1.82, 2.24) is 4.31 Å². The lowest BCUT2D eigenvalue weighted by Crippen LogP contribution is -2.31. The van der Waals surface area contributed by atoms with Crippen molar-refractivity contribution in [2.24, 2.45) is 0 Å². The first-order valence-electron chi connectivity index (χ1n) is 9.13. The predicted molar refractivity (Wildman–Crippen MR) is 106 cm³/mol. The Bertz CT molecular complexity index is 910. The minimum Gasteiger partial charge on any atom is -0.492 e. The van der Waals surface area contributed by atoms with Gasteiger partial charge in [0.05, 0.1) is 13.0 Å². The molecule has 0 atom stereocenters. The Morgan fingerprint density at radius 1 is 1.07 bits per heavy atom. The molecule has 0 fully saturated rings. The zero-order valence-corrected chi connectivity index (χ0v) is 17.1. The molecule has 0 aromatic heterocycles. The number of nitrogens with one attached hydrogen (secondary N) is 1. The van der Waals surface area contributed by atoms with E-state index in [1.165, 1.54) is 40.7 Å². The number of benzene rings is 2. The minimum absolute atomic E-state index is 0.0117. The third-order valence-electron chi connectivity index (χ3n) is 4.13. The summed E-state index contributed by atoms with van der Waals surface area (Å²) < 4.78 is 45.7. The van der Waals surface area contributed by atoms with Crippen molar-refractivity contribution in [3.8, 4) is 5.75 Å². The smallest absolute Gasteiger partial charge is 0.246 e. The Morgan fingerprint density at radius 2 is 1.71 bits per heavy atom. The van der Waals surface area contributed by atoms with Gasteiger partial charge in [-0.1, -0.05) is 26.0 Å². The lowest BCUT2D eigenvalue weighted by molar-refractivity contribution is -0.115. The quantitative estimate of drug-likeness (QED) is 0.690. The molecular formula is C20H25FN2O4S. The van der Waals surface area contributed by atoms with Gasteiger partial charge >= 0.3 is 0 Å². The number of rotatable bonds is 9. The molecule has 0 bridgehead atoms. The molecule has 0 aliphatic rings. The minimum atomic E-state index is -3.76. The standard InChI is InChI=1S/C20H25FN2O4S/c1-4-23(5-2)28(25,26)19-14-17(11-12-18(19)27-6-3)22-20(24)13-15-7-9-16(21)10-8-15/h7-12,14H,4-6,13H2,1-3H3,(H,22,24). The molecule has 0 spiro atoms. The summed E-state index contributed by atoms with van der Waals surface area (Å²) in [4.78, 5) is 12.3. The Labute approximate surface area is 165 Å². The van der Waals surface area contributed by atoms with Crippen molar-refractivity contribution in [3.63, 3.8) is 0 Å². The first kappa shape index (κ1) is 21.8. The highest BCUT2D eigenvalue weighted by Gasteiger charge is 2.26. The monoisotopic (exact) mass is 408 g/mol. The van der Waals surface area contributed by atoms with Crippen LogP contribution in [-0.4, -0.2) is 38.3 Å². The zero-order chi connectivity index (χ0) is 20.7. The Hall–Kier alpha value is -2.45. The Balaban J connectivity index is 2.28. The lowest BCUT2D eigenvalue weighted by atomic mass is 10.1. The molecule has 1 amide bonds. The average Bonchev–Trinajstić information content (AvgIpc) is 2.65. The molecule has 28 heavy (non-hydrogen) atoms. The second-order valence-electron chi connectivity index (χ2n) is 6.04. The molecule has 2 rings (SSSR count). The molecule has 2 aromatic rings. The SMILES string of the molecule is CCOc1ccc(NC(=O)Cc2ccc(F)cc2)cc1S(=O)(=O)N(CC)CC. The van der Waals surface area contributed by atoms with E-state index >= 15 is 0 Å². The maximum absolute atomic E-state index is 13.0. The number of hydrogen-bond donors (Lipinski definition) is 1. The number of nitrogens with zero attached hydrogens (tertiary/aromatic N) is 1. The van der Waals surface area contributed by atoms with E-state index in [9.17, 15) is 17.6 Å².